The zero-order chi connectivity index (χ0) is 13.1. The molecule has 1 atom stereocenters. The first-order valence-electron chi connectivity index (χ1n) is 5.54. The molecule has 1 aliphatic rings. The van der Waals surface area contributed by atoms with Crippen LogP contribution >= 0.6 is 11.6 Å². The predicted molar refractivity (Wildman–Crippen MR) is 69.8 cm³/mol. The third kappa shape index (κ3) is 2.89. The summed E-state index contributed by atoms with van der Waals surface area (Å²) in [5.74, 6) is 0.733. The number of nitro groups is 1. The highest BCUT2D eigenvalue weighted by molar-refractivity contribution is 6.31. The Kier molecular flexibility index (Phi) is 3.66. The summed E-state index contributed by atoms with van der Waals surface area (Å²) in [4.78, 5) is 14.4. The molecule has 0 aliphatic carbocycles. The summed E-state index contributed by atoms with van der Waals surface area (Å²) in [6.07, 6.45) is 0. The molecular weight excluding hydrogens is 256 g/mol. The number of benzene rings is 1. The largest absolute Gasteiger partial charge is 0.352 e. The van der Waals surface area contributed by atoms with Crippen molar-refractivity contribution in [3.63, 3.8) is 0 Å². The fraction of sp³-hybridized carbons (Fsp3) is 0.364. The van der Waals surface area contributed by atoms with Crippen LogP contribution in [0.4, 0.5) is 5.69 Å². The van der Waals surface area contributed by atoms with Crippen molar-refractivity contribution < 1.29 is 4.92 Å². The van der Waals surface area contributed by atoms with Crippen molar-refractivity contribution in [3.05, 3.63) is 38.9 Å². The molecule has 0 aromatic heterocycles. The Morgan fingerprint density at radius 3 is 3.00 bits per heavy atom. The molecule has 7 heteroatoms. The van der Waals surface area contributed by atoms with E-state index in [-0.39, 0.29) is 5.69 Å². The van der Waals surface area contributed by atoms with Gasteiger partial charge in [-0.3, -0.25) is 15.1 Å². The van der Waals surface area contributed by atoms with Gasteiger partial charge in [-0.2, -0.15) is 0 Å². The molecule has 1 unspecified atom stereocenters. The lowest BCUT2D eigenvalue weighted by Crippen LogP contribution is -2.37. The van der Waals surface area contributed by atoms with Crippen molar-refractivity contribution in [3.8, 4) is 0 Å². The molecule has 6 nitrogen and oxygen atoms in total. The smallest absolute Gasteiger partial charge is 0.270 e. The lowest BCUT2D eigenvalue weighted by molar-refractivity contribution is -0.384. The van der Waals surface area contributed by atoms with E-state index >= 15 is 0 Å². The third-order valence-electron chi connectivity index (χ3n) is 2.60. The van der Waals surface area contributed by atoms with Crippen LogP contribution in [0.25, 0.3) is 0 Å². The first kappa shape index (κ1) is 12.6. The molecule has 1 aliphatic heterocycles. The summed E-state index contributed by atoms with van der Waals surface area (Å²) in [6, 6.07) is 4.77. The lowest BCUT2D eigenvalue weighted by Gasteiger charge is -2.09. The summed E-state index contributed by atoms with van der Waals surface area (Å²) < 4.78 is 0. The summed E-state index contributed by atoms with van der Waals surface area (Å²) in [6.45, 7) is 3.27. The van der Waals surface area contributed by atoms with Crippen molar-refractivity contribution in [2.24, 2.45) is 4.99 Å². The number of nitro benzene ring substituents is 1. The van der Waals surface area contributed by atoms with Crippen LogP contribution in [0.5, 0.6) is 0 Å². The topological polar surface area (TPSA) is 79.6 Å². The molecule has 0 radical (unpaired) electrons. The number of guanidine groups is 1. The molecule has 0 amide bonds. The van der Waals surface area contributed by atoms with Gasteiger partial charge < -0.3 is 10.6 Å². The highest BCUT2D eigenvalue weighted by Crippen LogP contribution is 2.22. The van der Waals surface area contributed by atoms with Crippen LogP contribution in [0.1, 0.15) is 12.5 Å². The van der Waals surface area contributed by atoms with Crippen LogP contribution in [0.2, 0.25) is 5.02 Å². The van der Waals surface area contributed by atoms with Crippen molar-refractivity contribution in [1.82, 2.24) is 10.6 Å². The molecule has 1 aromatic carbocycles. The first-order valence-corrected chi connectivity index (χ1v) is 5.91. The van der Waals surface area contributed by atoms with E-state index in [2.05, 4.69) is 15.6 Å². The van der Waals surface area contributed by atoms with E-state index in [4.69, 9.17) is 11.6 Å². The molecule has 0 bridgehead atoms. The Balaban J connectivity index is 2.00. The minimum atomic E-state index is -0.465. The minimum absolute atomic E-state index is 0.00583. The van der Waals surface area contributed by atoms with Gasteiger partial charge in [0.2, 0.25) is 0 Å². The number of nitrogens with one attached hydrogen (secondary N) is 2. The van der Waals surface area contributed by atoms with Gasteiger partial charge in [0.1, 0.15) is 0 Å². The molecule has 96 valence electrons. The van der Waals surface area contributed by atoms with Gasteiger partial charge >= 0.3 is 0 Å². The maximum absolute atomic E-state index is 10.6. The van der Waals surface area contributed by atoms with Crippen molar-refractivity contribution >= 4 is 23.2 Å². The molecule has 2 rings (SSSR count). The van der Waals surface area contributed by atoms with Gasteiger partial charge in [0.05, 0.1) is 16.5 Å². The van der Waals surface area contributed by atoms with Gasteiger partial charge in [-0.1, -0.05) is 11.6 Å². The van der Waals surface area contributed by atoms with Gasteiger partial charge in [0.25, 0.3) is 5.69 Å². The Morgan fingerprint density at radius 2 is 2.44 bits per heavy atom. The molecule has 1 aromatic rings. The number of halogens is 1. The predicted octanol–water partition coefficient (Wildman–Crippen LogP) is 1.69. The number of aliphatic imine (C=N–C) groups is 1. The number of rotatable bonds is 3. The highest BCUT2D eigenvalue weighted by atomic mass is 35.5. The zero-order valence-corrected chi connectivity index (χ0v) is 10.6. The summed E-state index contributed by atoms with van der Waals surface area (Å²) in [5.41, 5.74) is 0.792. The van der Waals surface area contributed by atoms with Gasteiger partial charge in [0.15, 0.2) is 5.96 Å². The van der Waals surface area contributed by atoms with Crippen LogP contribution in [0.15, 0.2) is 23.2 Å². The normalized spacial score (nSPS) is 18.1. The van der Waals surface area contributed by atoms with E-state index in [1.54, 1.807) is 6.07 Å². The van der Waals surface area contributed by atoms with E-state index in [1.807, 2.05) is 6.92 Å². The fourth-order valence-corrected chi connectivity index (χ4v) is 1.87. The van der Waals surface area contributed by atoms with Gasteiger partial charge in [-0.05, 0) is 18.6 Å². The fourth-order valence-electron chi connectivity index (χ4n) is 1.63. The number of hydrogen-bond donors (Lipinski definition) is 2. The van der Waals surface area contributed by atoms with Crippen LogP contribution in [0, 0.1) is 10.1 Å². The maximum atomic E-state index is 10.6. The van der Waals surface area contributed by atoms with Crippen molar-refractivity contribution in [1.29, 1.82) is 0 Å². The second-order valence-corrected chi connectivity index (χ2v) is 4.53. The van der Waals surface area contributed by atoms with Crippen LogP contribution < -0.4 is 10.6 Å². The SMILES string of the molecule is CC1CN=C(NCc2ccc([N+](=O)[O-])cc2Cl)N1. The second kappa shape index (κ2) is 5.22. The first-order chi connectivity index (χ1) is 8.56. The Bertz CT molecular complexity index is 504. The average molecular weight is 269 g/mol. The van der Waals surface area contributed by atoms with E-state index in [0.29, 0.717) is 17.6 Å². The number of nitrogens with zero attached hydrogens (tertiary/aromatic N) is 2. The molecule has 0 spiro atoms. The molecule has 0 fully saturated rings. The Hall–Kier alpha value is -1.82. The molecule has 0 saturated carbocycles. The average Bonchev–Trinajstić information content (AvgIpc) is 2.73. The lowest BCUT2D eigenvalue weighted by atomic mass is 10.2. The van der Waals surface area contributed by atoms with Crippen LogP contribution in [-0.4, -0.2) is 23.5 Å². The quantitative estimate of drug-likeness (QED) is 0.646. The van der Waals surface area contributed by atoms with Crippen LogP contribution in [0.3, 0.4) is 0 Å². The van der Waals surface area contributed by atoms with Gasteiger partial charge in [-0.15, -0.1) is 0 Å². The summed E-state index contributed by atoms with van der Waals surface area (Å²) in [5, 5.41) is 17.2. The van der Waals surface area contributed by atoms with E-state index < -0.39 is 4.92 Å². The Morgan fingerprint density at radius 1 is 1.67 bits per heavy atom. The Labute approximate surface area is 109 Å². The monoisotopic (exact) mass is 268 g/mol. The second-order valence-electron chi connectivity index (χ2n) is 4.12. The molecule has 2 N–H and O–H groups in total. The van der Waals surface area contributed by atoms with Crippen molar-refractivity contribution in [2.45, 2.75) is 19.5 Å². The van der Waals surface area contributed by atoms with E-state index in [9.17, 15) is 10.1 Å². The summed E-state index contributed by atoms with van der Waals surface area (Å²) >= 11 is 5.98. The third-order valence-corrected chi connectivity index (χ3v) is 2.95. The van der Waals surface area contributed by atoms with E-state index in [0.717, 1.165) is 18.1 Å². The minimum Gasteiger partial charge on any atom is -0.352 e. The molecule has 1 heterocycles. The van der Waals surface area contributed by atoms with Gasteiger partial charge in [0, 0.05) is 24.7 Å². The number of non-ortho nitro benzene ring substituents is 1. The molecular formula is C11H13ClN4O2. The van der Waals surface area contributed by atoms with E-state index in [1.165, 1.54) is 12.1 Å². The molecule has 18 heavy (non-hydrogen) atoms. The standard InChI is InChI=1S/C11H13ClN4O2/c1-7-5-13-11(15-7)14-6-8-2-3-9(16(17)18)4-10(8)12/h2-4,7H,5-6H2,1H3,(H2,13,14,15). The highest BCUT2D eigenvalue weighted by Gasteiger charge is 2.13. The van der Waals surface area contributed by atoms with Crippen LogP contribution in [-0.2, 0) is 6.54 Å². The number of hydrogen-bond acceptors (Lipinski definition) is 5. The maximum Gasteiger partial charge on any atom is 0.270 e. The zero-order valence-electron chi connectivity index (χ0n) is 9.81. The molecule has 0 saturated heterocycles. The summed E-state index contributed by atoms with van der Waals surface area (Å²) in [7, 11) is 0. The van der Waals surface area contributed by atoms with Crippen molar-refractivity contribution in [2.75, 3.05) is 6.54 Å². The van der Waals surface area contributed by atoms with Gasteiger partial charge in [-0.25, -0.2) is 0 Å².